The van der Waals surface area contributed by atoms with E-state index in [4.69, 9.17) is 0 Å². The van der Waals surface area contributed by atoms with Crippen LogP contribution in [0.25, 0.3) is 16.7 Å². The van der Waals surface area contributed by atoms with Crippen LogP contribution in [0.4, 0.5) is 5.69 Å². The molecule has 0 fully saturated rings. The Balaban J connectivity index is 2.45. The highest BCUT2D eigenvalue weighted by atomic mass is 16.2. The summed E-state index contributed by atoms with van der Waals surface area (Å²) in [5, 5.41) is 13.0. The first-order chi connectivity index (χ1) is 12.5. The van der Waals surface area contributed by atoms with E-state index in [1.807, 2.05) is 42.2 Å². The standard InChI is InChI=1S/C19H26N6O/c1-6-14-22-23-18-15(19(26)24(7-2)8-3)16(21-12(4)5)13-10-9-11-20-17(13)25(14)18/h9-12,21H,6-8H2,1-5H3. The van der Waals surface area contributed by atoms with Gasteiger partial charge in [-0.15, -0.1) is 10.2 Å². The molecule has 0 spiro atoms. The van der Waals surface area contributed by atoms with Crippen molar-refractivity contribution < 1.29 is 4.79 Å². The predicted octanol–water partition coefficient (Wildman–Crippen LogP) is 3.14. The van der Waals surface area contributed by atoms with Gasteiger partial charge in [-0.2, -0.15) is 0 Å². The zero-order valence-corrected chi connectivity index (χ0v) is 16.1. The summed E-state index contributed by atoms with van der Waals surface area (Å²) in [7, 11) is 0. The smallest absolute Gasteiger partial charge is 0.259 e. The van der Waals surface area contributed by atoms with Crippen molar-refractivity contribution in [2.75, 3.05) is 18.4 Å². The molecule has 3 aromatic heterocycles. The van der Waals surface area contributed by atoms with Gasteiger partial charge in [0.05, 0.1) is 5.69 Å². The number of amides is 1. The molecule has 0 unspecified atom stereocenters. The molecule has 3 aromatic rings. The Labute approximate surface area is 153 Å². The summed E-state index contributed by atoms with van der Waals surface area (Å²) in [4.78, 5) is 19.7. The van der Waals surface area contributed by atoms with Crippen LogP contribution in [0.1, 0.15) is 50.8 Å². The van der Waals surface area contributed by atoms with E-state index in [0.29, 0.717) is 30.7 Å². The second kappa shape index (κ2) is 7.27. The van der Waals surface area contributed by atoms with Crippen LogP contribution < -0.4 is 5.32 Å². The molecule has 138 valence electrons. The Morgan fingerprint density at radius 1 is 1.19 bits per heavy atom. The van der Waals surface area contributed by atoms with E-state index in [9.17, 15) is 4.79 Å². The maximum atomic E-state index is 13.3. The van der Waals surface area contributed by atoms with Gasteiger partial charge in [-0.3, -0.25) is 9.20 Å². The van der Waals surface area contributed by atoms with E-state index in [1.54, 1.807) is 6.20 Å². The Kier molecular flexibility index (Phi) is 5.06. The molecule has 0 aliphatic heterocycles. The summed E-state index contributed by atoms with van der Waals surface area (Å²) in [5.41, 5.74) is 2.68. The number of carbonyl (C=O) groups excluding carboxylic acids is 1. The van der Waals surface area contributed by atoms with Crippen LogP contribution in [0, 0.1) is 0 Å². The molecule has 26 heavy (non-hydrogen) atoms. The maximum absolute atomic E-state index is 13.3. The third kappa shape index (κ3) is 2.87. The lowest BCUT2D eigenvalue weighted by Gasteiger charge is -2.23. The minimum absolute atomic E-state index is 0.0380. The van der Waals surface area contributed by atoms with Gasteiger partial charge in [0, 0.05) is 37.1 Å². The van der Waals surface area contributed by atoms with Crippen molar-refractivity contribution in [3.8, 4) is 0 Å². The number of anilines is 1. The zero-order chi connectivity index (χ0) is 18.8. The van der Waals surface area contributed by atoms with Gasteiger partial charge in [0.15, 0.2) is 5.65 Å². The molecule has 0 bridgehead atoms. The molecule has 1 amide bonds. The summed E-state index contributed by atoms with van der Waals surface area (Å²) in [6.45, 7) is 11.4. The number of hydrogen-bond acceptors (Lipinski definition) is 5. The fourth-order valence-electron chi connectivity index (χ4n) is 3.26. The normalized spacial score (nSPS) is 11.5. The van der Waals surface area contributed by atoms with Gasteiger partial charge < -0.3 is 10.2 Å². The summed E-state index contributed by atoms with van der Waals surface area (Å²) in [6.07, 6.45) is 2.47. The molecular weight excluding hydrogens is 328 g/mol. The number of nitrogens with one attached hydrogen (secondary N) is 1. The van der Waals surface area contributed by atoms with E-state index < -0.39 is 0 Å². The lowest BCUT2D eigenvalue weighted by Crippen LogP contribution is -2.32. The number of carbonyl (C=O) groups is 1. The van der Waals surface area contributed by atoms with E-state index in [1.165, 1.54) is 0 Å². The van der Waals surface area contributed by atoms with Gasteiger partial charge in [-0.1, -0.05) is 6.92 Å². The molecule has 0 saturated carbocycles. The molecule has 0 atom stereocenters. The van der Waals surface area contributed by atoms with Crippen molar-refractivity contribution in [3.63, 3.8) is 0 Å². The molecule has 7 heteroatoms. The number of pyridine rings is 2. The van der Waals surface area contributed by atoms with Crippen LogP contribution in [0.2, 0.25) is 0 Å². The highest BCUT2D eigenvalue weighted by molar-refractivity contribution is 6.12. The topological polar surface area (TPSA) is 75.4 Å². The van der Waals surface area contributed by atoms with Crippen molar-refractivity contribution in [2.24, 2.45) is 0 Å². The van der Waals surface area contributed by atoms with Gasteiger partial charge in [-0.05, 0) is 39.8 Å². The molecule has 0 aliphatic carbocycles. The lowest BCUT2D eigenvalue weighted by molar-refractivity contribution is 0.0775. The van der Waals surface area contributed by atoms with Crippen molar-refractivity contribution in [3.05, 3.63) is 29.7 Å². The number of aryl methyl sites for hydroxylation is 1. The fourth-order valence-corrected chi connectivity index (χ4v) is 3.26. The minimum atomic E-state index is -0.0380. The summed E-state index contributed by atoms with van der Waals surface area (Å²) < 4.78 is 1.91. The minimum Gasteiger partial charge on any atom is -0.382 e. The fraction of sp³-hybridized carbons (Fsp3) is 0.474. The third-order valence-corrected chi connectivity index (χ3v) is 4.49. The average molecular weight is 354 g/mol. The van der Waals surface area contributed by atoms with Gasteiger partial charge in [0.25, 0.3) is 5.91 Å². The number of hydrogen-bond donors (Lipinski definition) is 1. The van der Waals surface area contributed by atoms with Crippen LogP contribution in [0.3, 0.4) is 0 Å². The van der Waals surface area contributed by atoms with E-state index in [2.05, 4.69) is 34.3 Å². The van der Waals surface area contributed by atoms with Crippen molar-refractivity contribution in [1.29, 1.82) is 0 Å². The van der Waals surface area contributed by atoms with Gasteiger partial charge >= 0.3 is 0 Å². The van der Waals surface area contributed by atoms with Crippen LogP contribution >= 0.6 is 0 Å². The van der Waals surface area contributed by atoms with Crippen molar-refractivity contribution >= 4 is 28.3 Å². The maximum Gasteiger partial charge on any atom is 0.259 e. The Bertz CT molecular complexity index is 942. The summed E-state index contributed by atoms with van der Waals surface area (Å²) in [5.74, 6) is 0.761. The average Bonchev–Trinajstić information content (AvgIpc) is 3.06. The summed E-state index contributed by atoms with van der Waals surface area (Å²) >= 11 is 0. The van der Waals surface area contributed by atoms with Gasteiger partial charge in [0.2, 0.25) is 0 Å². The van der Waals surface area contributed by atoms with E-state index in [-0.39, 0.29) is 11.9 Å². The molecule has 3 rings (SSSR count). The second-order valence-electron chi connectivity index (χ2n) is 6.53. The number of nitrogens with zero attached hydrogens (tertiary/aromatic N) is 5. The quantitative estimate of drug-likeness (QED) is 0.736. The van der Waals surface area contributed by atoms with Crippen LogP contribution in [-0.2, 0) is 6.42 Å². The van der Waals surface area contributed by atoms with Gasteiger partial charge in [0.1, 0.15) is 17.0 Å². The predicted molar refractivity (Wildman–Crippen MR) is 104 cm³/mol. The lowest BCUT2D eigenvalue weighted by atomic mass is 10.1. The third-order valence-electron chi connectivity index (χ3n) is 4.49. The first kappa shape index (κ1) is 18.1. The number of fused-ring (bicyclic) bond motifs is 3. The Morgan fingerprint density at radius 2 is 1.92 bits per heavy atom. The van der Waals surface area contributed by atoms with Crippen LogP contribution in [-0.4, -0.2) is 49.5 Å². The SMILES string of the molecule is CCc1nnc2c(C(=O)N(CC)CC)c(NC(C)C)c3cccnc3n12. The molecular formula is C19H26N6O. The first-order valence-corrected chi connectivity index (χ1v) is 9.23. The van der Waals surface area contributed by atoms with Crippen LogP contribution in [0.15, 0.2) is 18.3 Å². The largest absolute Gasteiger partial charge is 0.382 e. The highest BCUT2D eigenvalue weighted by Gasteiger charge is 2.26. The Hall–Kier alpha value is -2.70. The monoisotopic (exact) mass is 354 g/mol. The van der Waals surface area contributed by atoms with Crippen molar-refractivity contribution in [1.82, 2.24) is 24.5 Å². The molecule has 0 aromatic carbocycles. The molecule has 0 radical (unpaired) electrons. The van der Waals surface area contributed by atoms with E-state index >= 15 is 0 Å². The van der Waals surface area contributed by atoms with Crippen molar-refractivity contribution in [2.45, 2.75) is 47.1 Å². The molecule has 7 nitrogen and oxygen atoms in total. The first-order valence-electron chi connectivity index (χ1n) is 9.23. The Morgan fingerprint density at radius 3 is 2.54 bits per heavy atom. The van der Waals surface area contributed by atoms with Gasteiger partial charge in [-0.25, -0.2) is 4.98 Å². The highest BCUT2D eigenvalue weighted by Crippen LogP contribution is 2.32. The summed E-state index contributed by atoms with van der Waals surface area (Å²) in [6, 6.07) is 4.05. The second-order valence-corrected chi connectivity index (χ2v) is 6.53. The molecule has 0 saturated heterocycles. The molecule has 3 heterocycles. The zero-order valence-electron chi connectivity index (χ0n) is 16.1. The molecule has 1 N–H and O–H groups in total. The van der Waals surface area contributed by atoms with E-state index in [0.717, 1.165) is 22.5 Å². The number of rotatable bonds is 6. The number of aromatic nitrogens is 4. The van der Waals surface area contributed by atoms with Crippen LogP contribution in [0.5, 0.6) is 0 Å². The molecule has 0 aliphatic rings.